The lowest BCUT2D eigenvalue weighted by Gasteiger charge is -2.25. The minimum absolute atomic E-state index is 0.171. The van der Waals surface area contributed by atoms with Crippen LogP contribution in [-0.2, 0) is 13.5 Å². The van der Waals surface area contributed by atoms with Gasteiger partial charge in [-0.25, -0.2) is 4.68 Å². The molecule has 6 heteroatoms. The molecule has 21 heavy (non-hydrogen) atoms. The van der Waals surface area contributed by atoms with Crippen LogP contribution in [0.15, 0.2) is 35.3 Å². The van der Waals surface area contributed by atoms with E-state index in [1.54, 1.807) is 13.2 Å². The molecule has 1 N–H and O–H groups in total. The molecule has 1 aromatic heterocycles. The van der Waals surface area contributed by atoms with E-state index in [4.69, 9.17) is 16.3 Å². The predicted octanol–water partition coefficient (Wildman–Crippen LogP) is 2.10. The van der Waals surface area contributed by atoms with Gasteiger partial charge >= 0.3 is 0 Å². The van der Waals surface area contributed by atoms with Crippen LogP contribution in [0.3, 0.4) is 0 Å². The van der Waals surface area contributed by atoms with Crippen molar-refractivity contribution in [3.05, 3.63) is 51.4 Å². The Morgan fingerprint density at radius 2 is 2.29 bits per heavy atom. The van der Waals surface area contributed by atoms with Gasteiger partial charge < -0.3 is 10.1 Å². The van der Waals surface area contributed by atoms with Gasteiger partial charge in [-0.3, -0.25) is 4.79 Å². The number of anilines is 1. The Bertz CT molecular complexity index is 714. The highest BCUT2D eigenvalue weighted by atomic mass is 35.5. The quantitative estimate of drug-likeness (QED) is 0.943. The summed E-state index contributed by atoms with van der Waals surface area (Å²) in [6.45, 7) is 1.34. The number of halogens is 1. The second kappa shape index (κ2) is 5.77. The summed E-state index contributed by atoms with van der Waals surface area (Å²) in [6, 6.07) is 8.05. The number of ether oxygens (including phenoxy) is 1. The third-order valence-corrected chi connectivity index (χ3v) is 3.98. The second-order valence-corrected chi connectivity index (χ2v) is 5.55. The number of nitrogens with one attached hydrogen (secondary N) is 1. The smallest absolute Gasteiger partial charge is 0.287 e. The molecule has 110 valence electrons. The summed E-state index contributed by atoms with van der Waals surface area (Å²) in [4.78, 5) is 11.7. The summed E-state index contributed by atoms with van der Waals surface area (Å²) >= 11 is 6.03. The van der Waals surface area contributed by atoms with E-state index in [1.807, 2.05) is 18.2 Å². The van der Waals surface area contributed by atoms with Gasteiger partial charge in [-0.1, -0.05) is 29.8 Å². The molecule has 3 rings (SSSR count). The van der Waals surface area contributed by atoms with E-state index >= 15 is 0 Å². The Kier molecular flexibility index (Phi) is 3.84. The zero-order chi connectivity index (χ0) is 14.8. The molecular formula is C15H16ClN3O2. The van der Waals surface area contributed by atoms with Crippen molar-refractivity contribution in [2.45, 2.75) is 6.42 Å². The zero-order valence-corrected chi connectivity index (χ0v) is 12.4. The molecule has 2 heterocycles. The maximum atomic E-state index is 11.7. The number of para-hydroxylation sites is 1. The molecule has 0 fully saturated rings. The molecule has 0 amide bonds. The van der Waals surface area contributed by atoms with Gasteiger partial charge in [0.15, 0.2) is 0 Å². The first kappa shape index (κ1) is 13.9. The Morgan fingerprint density at radius 3 is 3.14 bits per heavy atom. The van der Waals surface area contributed by atoms with Crippen molar-refractivity contribution < 1.29 is 4.74 Å². The number of fused-ring (bicyclic) bond motifs is 1. The van der Waals surface area contributed by atoms with Crippen LogP contribution in [0.5, 0.6) is 5.75 Å². The molecule has 0 aliphatic carbocycles. The highest BCUT2D eigenvalue weighted by Crippen LogP contribution is 2.27. The van der Waals surface area contributed by atoms with Crippen LogP contribution >= 0.6 is 11.6 Å². The maximum Gasteiger partial charge on any atom is 0.287 e. The summed E-state index contributed by atoms with van der Waals surface area (Å²) in [7, 11) is 1.57. The molecule has 1 aromatic carbocycles. The lowest BCUT2D eigenvalue weighted by Crippen LogP contribution is -2.28. The summed E-state index contributed by atoms with van der Waals surface area (Å²) in [5.41, 5.74) is 1.48. The molecule has 1 aliphatic rings. The molecule has 5 nitrogen and oxygen atoms in total. The van der Waals surface area contributed by atoms with Crippen molar-refractivity contribution in [2.75, 3.05) is 18.5 Å². The molecule has 0 spiro atoms. The fraction of sp³-hybridized carbons (Fsp3) is 0.333. The number of rotatable bonds is 3. The first-order valence-electron chi connectivity index (χ1n) is 6.81. The Labute approximate surface area is 127 Å². The summed E-state index contributed by atoms with van der Waals surface area (Å²) < 4.78 is 6.96. The Hall–Kier alpha value is -2.01. The van der Waals surface area contributed by atoms with Crippen LogP contribution in [0.1, 0.15) is 5.56 Å². The summed E-state index contributed by atoms with van der Waals surface area (Å²) in [5.74, 6) is 1.29. The number of aryl methyl sites for hydroxylation is 1. The molecule has 0 saturated heterocycles. The predicted molar refractivity (Wildman–Crippen MR) is 82.1 cm³/mol. The van der Waals surface area contributed by atoms with Crippen LogP contribution in [0, 0.1) is 5.92 Å². The van der Waals surface area contributed by atoms with E-state index in [0.717, 1.165) is 12.2 Å². The van der Waals surface area contributed by atoms with E-state index in [2.05, 4.69) is 16.5 Å². The highest BCUT2D eigenvalue weighted by Gasteiger charge is 2.19. The van der Waals surface area contributed by atoms with Gasteiger partial charge in [0.2, 0.25) is 0 Å². The molecule has 1 atom stereocenters. The van der Waals surface area contributed by atoms with Gasteiger partial charge in [0.25, 0.3) is 5.56 Å². The number of aromatic nitrogens is 2. The number of hydrogen-bond donors (Lipinski definition) is 1. The SMILES string of the molecule is Cn1ncc(NC[C@@H]2COc3ccccc3C2)c(Cl)c1=O. The van der Waals surface area contributed by atoms with Gasteiger partial charge in [0.1, 0.15) is 10.8 Å². The van der Waals surface area contributed by atoms with Crippen molar-refractivity contribution in [3.63, 3.8) is 0 Å². The van der Waals surface area contributed by atoms with E-state index in [9.17, 15) is 4.79 Å². The average molecular weight is 306 g/mol. The van der Waals surface area contributed by atoms with Crippen LogP contribution < -0.4 is 15.6 Å². The van der Waals surface area contributed by atoms with Gasteiger partial charge in [0, 0.05) is 19.5 Å². The van der Waals surface area contributed by atoms with Crippen molar-refractivity contribution >= 4 is 17.3 Å². The molecule has 0 saturated carbocycles. The van der Waals surface area contributed by atoms with Crippen LogP contribution in [0.4, 0.5) is 5.69 Å². The summed E-state index contributed by atoms with van der Waals surface area (Å²) in [6.07, 6.45) is 2.51. The molecule has 0 bridgehead atoms. The normalized spacial score (nSPS) is 17.0. The lowest BCUT2D eigenvalue weighted by atomic mass is 9.97. The van der Waals surface area contributed by atoms with E-state index in [-0.39, 0.29) is 10.6 Å². The van der Waals surface area contributed by atoms with Gasteiger partial charge in [-0.2, -0.15) is 5.10 Å². The largest absolute Gasteiger partial charge is 0.493 e. The molecule has 1 aliphatic heterocycles. The zero-order valence-electron chi connectivity index (χ0n) is 11.7. The third-order valence-electron chi connectivity index (χ3n) is 3.62. The average Bonchev–Trinajstić information content (AvgIpc) is 2.52. The number of benzene rings is 1. The molecule has 2 aromatic rings. The molecular weight excluding hydrogens is 290 g/mol. The van der Waals surface area contributed by atoms with Crippen LogP contribution in [-0.4, -0.2) is 22.9 Å². The Balaban J connectivity index is 1.67. The fourth-order valence-corrected chi connectivity index (χ4v) is 2.65. The first-order chi connectivity index (χ1) is 10.1. The topological polar surface area (TPSA) is 56.1 Å². The minimum Gasteiger partial charge on any atom is -0.493 e. The molecule has 0 radical (unpaired) electrons. The van der Waals surface area contributed by atoms with E-state index in [0.29, 0.717) is 24.8 Å². The van der Waals surface area contributed by atoms with Crippen molar-refractivity contribution in [3.8, 4) is 5.75 Å². The third kappa shape index (κ3) is 2.88. The fourth-order valence-electron chi connectivity index (χ4n) is 2.41. The Morgan fingerprint density at radius 1 is 1.48 bits per heavy atom. The van der Waals surface area contributed by atoms with Crippen LogP contribution in [0.25, 0.3) is 0 Å². The van der Waals surface area contributed by atoms with Crippen molar-refractivity contribution in [2.24, 2.45) is 13.0 Å². The minimum atomic E-state index is -0.299. The maximum absolute atomic E-state index is 11.7. The highest BCUT2D eigenvalue weighted by molar-refractivity contribution is 6.32. The summed E-state index contributed by atoms with van der Waals surface area (Å²) in [5, 5.41) is 7.33. The van der Waals surface area contributed by atoms with E-state index < -0.39 is 0 Å². The standard InChI is InChI=1S/C15H16ClN3O2/c1-19-15(20)14(16)12(8-18-19)17-7-10-6-11-4-2-3-5-13(11)21-9-10/h2-5,8,10,17H,6-7,9H2,1H3/t10-/m1/s1. The first-order valence-corrected chi connectivity index (χ1v) is 7.19. The molecule has 0 unspecified atom stereocenters. The van der Waals surface area contributed by atoms with Gasteiger partial charge in [0.05, 0.1) is 18.5 Å². The van der Waals surface area contributed by atoms with Crippen LogP contribution in [0.2, 0.25) is 5.02 Å². The monoisotopic (exact) mass is 305 g/mol. The number of hydrogen-bond acceptors (Lipinski definition) is 4. The van der Waals surface area contributed by atoms with Gasteiger partial charge in [-0.05, 0) is 18.1 Å². The second-order valence-electron chi connectivity index (χ2n) is 5.17. The lowest BCUT2D eigenvalue weighted by molar-refractivity contribution is 0.229. The van der Waals surface area contributed by atoms with Gasteiger partial charge in [-0.15, -0.1) is 0 Å². The van der Waals surface area contributed by atoms with E-state index in [1.165, 1.54) is 10.2 Å². The van der Waals surface area contributed by atoms with Crippen molar-refractivity contribution in [1.82, 2.24) is 9.78 Å². The van der Waals surface area contributed by atoms with Crippen molar-refractivity contribution in [1.29, 1.82) is 0 Å². The number of nitrogens with zero attached hydrogens (tertiary/aromatic N) is 2.